The Labute approximate surface area is 107 Å². The van der Waals surface area contributed by atoms with Gasteiger partial charge < -0.3 is 15.2 Å². The standard InChI is InChI=1S/C11H9ClN2O2S/c12-8-1-6(2-9-10(8)16-5-15-9)11-14-4-7(3-13)17-11/h1-2,4H,3,5,13H2. The van der Waals surface area contributed by atoms with Crippen LogP contribution in [0.15, 0.2) is 18.3 Å². The van der Waals surface area contributed by atoms with Crippen LogP contribution in [0.5, 0.6) is 11.5 Å². The van der Waals surface area contributed by atoms with Crippen molar-refractivity contribution in [2.24, 2.45) is 5.73 Å². The molecule has 0 aliphatic carbocycles. The Morgan fingerprint density at radius 2 is 2.29 bits per heavy atom. The number of nitrogens with two attached hydrogens (primary N) is 1. The highest BCUT2D eigenvalue weighted by atomic mass is 35.5. The zero-order valence-electron chi connectivity index (χ0n) is 8.77. The minimum Gasteiger partial charge on any atom is -0.454 e. The largest absolute Gasteiger partial charge is 0.454 e. The molecule has 0 unspecified atom stereocenters. The minimum absolute atomic E-state index is 0.213. The van der Waals surface area contributed by atoms with Gasteiger partial charge in [0.15, 0.2) is 11.5 Å². The van der Waals surface area contributed by atoms with Crippen LogP contribution in [0.4, 0.5) is 0 Å². The summed E-state index contributed by atoms with van der Waals surface area (Å²) < 4.78 is 10.6. The third-order valence-corrected chi connectivity index (χ3v) is 3.78. The lowest BCUT2D eigenvalue weighted by Gasteiger charge is -2.02. The quantitative estimate of drug-likeness (QED) is 0.910. The normalized spacial score (nSPS) is 13.1. The van der Waals surface area contributed by atoms with E-state index in [1.54, 1.807) is 17.5 Å². The summed E-state index contributed by atoms with van der Waals surface area (Å²) in [7, 11) is 0. The maximum Gasteiger partial charge on any atom is 0.231 e. The maximum atomic E-state index is 6.11. The highest BCUT2D eigenvalue weighted by Crippen LogP contribution is 2.42. The van der Waals surface area contributed by atoms with Crippen molar-refractivity contribution >= 4 is 22.9 Å². The molecule has 0 radical (unpaired) electrons. The number of aromatic nitrogens is 1. The van der Waals surface area contributed by atoms with Crippen molar-refractivity contribution in [3.05, 3.63) is 28.2 Å². The van der Waals surface area contributed by atoms with Gasteiger partial charge in [-0.1, -0.05) is 11.6 Å². The first-order valence-electron chi connectivity index (χ1n) is 5.02. The van der Waals surface area contributed by atoms with E-state index >= 15 is 0 Å². The summed E-state index contributed by atoms with van der Waals surface area (Å²) >= 11 is 7.66. The smallest absolute Gasteiger partial charge is 0.231 e. The first kappa shape index (κ1) is 10.8. The van der Waals surface area contributed by atoms with Gasteiger partial charge in [-0.05, 0) is 12.1 Å². The summed E-state index contributed by atoms with van der Waals surface area (Å²) in [4.78, 5) is 5.34. The highest BCUT2D eigenvalue weighted by molar-refractivity contribution is 7.15. The molecule has 2 heterocycles. The number of hydrogen-bond acceptors (Lipinski definition) is 5. The zero-order valence-corrected chi connectivity index (χ0v) is 10.3. The summed E-state index contributed by atoms with van der Waals surface area (Å²) in [5.74, 6) is 1.27. The van der Waals surface area contributed by atoms with Crippen molar-refractivity contribution < 1.29 is 9.47 Å². The van der Waals surface area contributed by atoms with Crippen molar-refractivity contribution in [2.75, 3.05) is 6.79 Å². The third-order valence-electron chi connectivity index (χ3n) is 2.43. The maximum absolute atomic E-state index is 6.11. The van der Waals surface area contributed by atoms with Gasteiger partial charge in [0.2, 0.25) is 6.79 Å². The summed E-state index contributed by atoms with van der Waals surface area (Å²) in [5.41, 5.74) is 6.48. The molecule has 0 spiro atoms. The number of rotatable bonds is 2. The number of nitrogens with zero attached hydrogens (tertiary/aromatic N) is 1. The van der Waals surface area contributed by atoms with Gasteiger partial charge in [0.05, 0.1) is 5.02 Å². The molecule has 0 saturated carbocycles. The topological polar surface area (TPSA) is 57.4 Å². The van der Waals surface area contributed by atoms with E-state index in [0.29, 0.717) is 23.1 Å². The van der Waals surface area contributed by atoms with E-state index < -0.39 is 0 Å². The van der Waals surface area contributed by atoms with E-state index in [2.05, 4.69) is 4.98 Å². The average Bonchev–Trinajstić information content (AvgIpc) is 2.97. The van der Waals surface area contributed by atoms with Crippen LogP contribution in [0.25, 0.3) is 10.6 Å². The summed E-state index contributed by atoms with van der Waals surface area (Å²) in [6, 6.07) is 3.71. The molecule has 17 heavy (non-hydrogen) atoms. The first-order valence-corrected chi connectivity index (χ1v) is 6.21. The Morgan fingerprint density at radius 3 is 3.06 bits per heavy atom. The van der Waals surface area contributed by atoms with Crippen LogP contribution >= 0.6 is 22.9 Å². The van der Waals surface area contributed by atoms with Crippen LogP contribution in [-0.2, 0) is 6.54 Å². The molecule has 0 atom stereocenters. The van der Waals surface area contributed by atoms with Crippen LogP contribution in [-0.4, -0.2) is 11.8 Å². The Hall–Kier alpha value is -1.30. The summed E-state index contributed by atoms with van der Waals surface area (Å²) in [6.45, 7) is 0.709. The van der Waals surface area contributed by atoms with Crippen LogP contribution in [0.2, 0.25) is 5.02 Å². The van der Waals surface area contributed by atoms with Crippen LogP contribution in [0.1, 0.15) is 4.88 Å². The third kappa shape index (κ3) is 1.86. The van der Waals surface area contributed by atoms with Crippen molar-refractivity contribution in [1.29, 1.82) is 0 Å². The summed E-state index contributed by atoms with van der Waals surface area (Å²) in [6.07, 6.45) is 1.78. The molecule has 1 aliphatic rings. The Kier molecular flexibility index (Phi) is 2.66. The van der Waals surface area contributed by atoms with Gasteiger partial charge in [0.1, 0.15) is 5.01 Å². The molecule has 0 bridgehead atoms. The molecule has 6 heteroatoms. The second kappa shape index (κ2) is 4.18. The van der Waals surface area contributed by atoms with Gasteiger partial charge in [0.25, 0.3) is 0 Å². The number of benzene rings is 1. The fraction of sp³-hybridized carbons (Fsp3) is 0.182. The van der Waals surface area contributed by atoms with Crippen LogP contribution in [0.3, 0.4) is 0 Å². The van der Waals surface area contributed by atoms with E-state index in [1.807, 2.05) is 12.1 Å². The SMILES string of the molecule is NCc1cnc(-c2cc(Cl)c3c(c2)OCO3)s1. The molecule has 1 aromatic carbocycles. The molecule has 1 aromatic heterocycles. The van der Waals surface area contributed by atoms with Crippen molar-refractivity contribution in [3.63, 3.8) is 0 Å². The Bertz CT molecular complexity index is 571. The van der Waals surface area contributed by atoms with Crippen LogP contribution < -0.4 is 15.2 Å². The minimum atomic E-state index is 0.213. The predicted octanol–water partition coefficient (Wildman–Crippen LogP) is 2.65. The lowest BCUT2D eigenvalue weighted by molar-refractivity contribution is 0.174. The van der Waals surface area contributed by atoms with E-state index in [4.69, 9.17) is 26.8 Å². The second-order valence-corrected chi connectivity index (χ2v) is 5.05. The number of ether oxygens (including phenoxy) is 2. The van der Waals surface area contributed by atoms with Gasteiger partial charge in [-0.3, -0.25) is 0 Å². The molecule has 88 valence electrons. The second-order valence-electron chi connectivity index (χ2n) is 3.53. The molecule has 4 nitrogen and oxygen atoms in total. The summed E-state index contributed by atoms with van der Waals surface area (Å²) in [5, 5.41) is 1.42. The highest BCUT2D eigenvalue weighted by Gasteiger charge is 2.19. The predicted molar refractivity (Wildman–Crippen MR) is 66.6 cm³/mol. The van der Waals surface area contributed by atoms with Gasteiger partial charge in [-0.2, -0.15) is 0 Å². The fourth-order valence-corrected chi connectivity index (χ4v) is 2.67. The molecule has 0 amide bonds. The van der Waals surface area contributed by atoms with Gasteiger partial charge in [-0.15, -0.1) is 11.3 Å². The van der Waals surface area contributed by atoms with Crippen molar-refractivity contribution in [3.8, 4) is 22.1 Å². The number of thiazole rings is 1. The van der Waals surface area contributed by atoms with Gasteiger partial charge >= 0.3 is 0 Å². The van der Waals surface area contributed by atoms with Crippen LogP contribution in [0, 0.1) is 0 Å². The molecule has 0 fully saturated rings. The van der Waals surface area contributed by atoms with E-state index in [9.17, 15) is 0 Å². The van der Waals surface area contributed by atoms with Gasteiger partial charge in [-0.25, -0.2) is 4.98 Å². The first-order chi connectivity index (χ1) is 8.28. The fourth-order valence-electron chi connectivity index (χ4n) is 1.63. The molecule has 0 saturated heterocycles. The van der Waals surface area contributed by atoms with E-state index in [1.165, 1.54) is 0 Å². The molecule has 1 aliphatic heterocycles. The molecular formula is C11H9ClN2O2S. The monoisotopic (exact) mass is 268 g/mol. The van der Waals surface area contributed by atoms with Gasteiger partial charge in [0, 0.05) is 23.2 Å². The zero-order chi connectivity index (χ0) is 11.8. The Balaban J connectivity index is 2.06. The number of fused-ring (bicyclic) bond motifs is 1. The van der Waals surface area contributed by atoms with E-state index in [0.717, 1.165) is 15.4 Å². The lowest BCUT2D eigenvalue weighted by atomic mass is 10.2. The van der Waals surface area contributed by atoms with Crippen molar-refractivity contribution in [1.82, 2.24) is 4.98 Å². The number of hydrogen-bond donors (Lipinski definition) is 1. The Morgan fingerprint density at radius 1 is 1.41 bits per heavy atom. The number of halogens is 1. The molecule has 2 N–H and O–H groups in total. The molecule has 3 rings (SSSR count). The average molecular weight is 269 g/mol. The lowest BCUT2D eigenvalue weighted by Crippen LogP contribution is -1.93. The molecule has 2 aromatic rings. The van der Waals surface area contributed by atoms with E-state index in [-0.39, 0.29) is 6.79 Å². The van der Waals surface area contributed by atoms with Crippen molar-refractivity contribution in [2.45, 2.75) is 6.54 Å². The molecular weight excluding hydrogens is 260 g/mol.